The van der Waals surface area contributed by atoms with E-state index in [1.165, 1.54) is 29.0 Å². The zero-order chi connectivity index (χ0) is 18.6. The zero-order valence-electron chi connectivity index (χ0n) is 12.5. The van der Waals surface area contributed by atoms with Crippen molar-refractivity contribution < 1.29 is 13.2 Å². The van der Waals surface area contributed by atoms with E-state index >= 15 is 0 Å². The van der Waals surface area contributed by atoms with Crippen molar-refractivity contribution in [3.05, 3.63) is 62.9 Å². The first-order valence-electron chi connectivity index (χ1n) is 7.05. The molecule has 1 aromatic carbocycles. The normalized spacial score (nSPS) is 12.2. The number of benzene rings is 1. The predicted octanol–water partition coefficient (Wildman–Crippen LogP) is 3.75. The Kier molecular flexibility index (Phi) is 3.67. The SMILES string of the molecule is O=c1c2cnc3nc(C(F)(F)F)nn3c2ccn1-c1ccc(Cl)c(Cl)c1. The third kappa shape index (κ3) is 2.60. The molecule has 0 saturated carbocycles. The van der Waals surface area contributed by atoms with Crippen LogP contribution in [0, 0.1) is 0 Å². The van der Waals surface area contributed by atoms with Crippen molar-refractivity contribution in [2.75, 3.05) is 0 Å². The van der Waals surface area contributed by atoms with E-state index < -0.39 is 17.6 Å². The number of rotatable bonds is 1. The number of nitrogens with zero attached hydrogens (tertiary/aromatic N) is 5. The third-order valence-electron chi connectivity index (χ3n) is 3.67. The molecule has 132 valence electrons. The molecule has 0 aliphatic heterocycles. The highest BCUT2D eigenvalue weighted by atomic mass is 35.5. The number of halogens is 5. The lowest BCUT2D eigenvalue weighted by Gasteiger charge is -2.08. The minimum absolute atomic E-state index is 0.0738. The van der Waals surface area contributed by atoms with Crippen LogP contribution in [-0.2, 0) is 6.18 Å². The average molecular weight is 400 g/mol. The number of fused-ring (bicyclic) bond motifs is 3. The Morgan fingerprint density at radius 2 is 1.85 bits per heavy atom. The van der Waals surface area contributed by atoms with E-state index in [9.17, 15) is 18.0 Å². The number of pyridine rings is 1. The molecule has 0 atom stereocenters. The summed E-state index contributed by atoms with van der Waals surface area (Å²) in [6, 6.07) is 6.07. The number of hydrogen-bond acceptors (Lipinski definition) is 4. The molecule has 0 fully saturated rings. The van der Waals surface area contributed by atoms with Crippen molar-refractivity contribution in [3.63, 3.8) is 0 Å². The first kappa shape index (κ1) is 16.8. The lowest BCUT2D eigenvalue weighted by molar-refractivity contribution is -0.144. The van der Waals surface area contributed by atoms with Crippen LogP contribution in [0.5, 0.6) is 0 Å². The lowest BCUT2D eigenvalue weighted by atomic mass is 10.2. The Morgan fingerprint density at radius 3 is 2.54 bits per heavy atom. The van der Waals surface area contributed by atoms with Crippen LogP contribution in [0.4, 0.5) is 13.2 Å². The smallest absolute Gasteiger partial charge is 0.284 e. The molecule has 0 saturated heterocycles. The van der Waals surface area contributed by atoms with Crippen LogP contribution in [0.2, 0.25) is 10.0 Å². The molecule has 0 N–H and O–H groups in total. The quantitative estimate of drug-likeness (QED) is 0.488. The molecule has 0 aliphatic carbocycles. The van der Waals surface area contributed by atoms with Gasteiger partial charge in [0.15, 0.2) is 0 Å². The van der Waals surface area contributed by atoms with Gasteiger partial charge < -0.3 is 0 Å². The highest BCUT2D eigenvalue weighted by Crippen LogP contribution is 2.27. The maximum Gasteiger partial charge on any atom is 0.453 e. The van der Waals surface area contributed by atoms with Gasteiger partial charge in [-0.15, -0.1) is 5.10 Å². The van der Waals surface area contributed by atoms with Crippen LogP contribution in [0.25, 0.3) is 22.4 Å². The van der Waals surface area contributed by atoms with Crippen LogP contribution >= 0.6 is 23.2 Å². The summed E-state index contributed by atoms with van der Waals surface area (Å²) in [4.78, 5) is 19.9. The maximum atomic E-state index is 12.8. The van der Waals surface area contributed by atoms with Crippen LogP contribution in [0.3, 0.4) is 0 Å². The van der Waals surface area contributed by atoms with Crippen molar-refractivity contribution in [3.8, 4) is 5.69 Å². The van der Waals surface area contributed by atoms with Gasteiger partial charge in [-0.2, -0.15) is 22.7 Å². The van der Waals surface area contributed by atoms with Gasteiger partial charge in [-0.25, -0.2) is 4.98 Å². The molecule has 0 spiro atoms. The summed E-state index contributed by atoms with van der Waals surface area (Å²) in [6.07, 6.45) is -2.15. The molecule has 0 bridgehead atoms. The first-order chi connectivity index (χ1) is 12.3. The predicted molar refractivity (Wildman–Crippen MR) is 88.9 cm³/mol. The Balaban J connectivity index is 1.97. The summed E-state index contributed by atoms with van der Waals surface area (Å²) < 4.78 is 40.6. The van der Waals surface area contributed by atoms with Gasteiger partial charge in [0.1, 0.15) is 0 Å². The number of alkyl halides is 3. The summed E-state index contributed by atoms with van der Waals surface area (Å²) in [5.41, 5.74) is 0.0969. The maximum absolute atomic E-state index is 12.8. The average Bonchev–Trinajstić information content (AvgIpc) is 3.03. The van der Waals surface area contributed by atoms with E-state index in [0.717, 1.165) is 10.7 Å². The second-order valence-corrected chi connectivity index (χ2v) is 6.11. The monoisotopic (exact) mass is 399 g/mol. The summed E-state index contributed by atoms with van der Waals surface area (Å²) in [5.74, 6) is -1.58. The van der Waals surface area contributed by atoms with E-state index in [2.05, 4.69) is 15.1 Å². The molecular weight excluding hydrogens is 394 g/mol. The van der Waals surface area contributed by atoms with E-state index in [0.29, 0.717) is 10.7 Å². The number of hydrogen-bond donors (Lipinski definition) is 0. The van der Waals surface area contributed by atoms with Gasteiger partial charge in [-0.3, -0.25) is 9.36 Å². The highest BCUT2D eigenvalue weighted by molar-refractivity contribution is 6.42. The van der Waals surface area contributed by atoms with Crippen LogP contribution in [0.1, 0.15) is 5.82 Å². The molecule has 0 radical (unpaired) electrons. The molecule has 0 amide bonds. The summed E-state index contributed by atoms with van der Waals surface area (Å²) in [6.45, 7) is 0. The molecule has 3 heterocycles. The van der Waals surface area contributed by atoms with Crippen molar-refractivity contribution in [2.45, 2.75) is 6.18 Å². The molecule has 4 aromatic rings. The van der Waals surface area contributed by atoms with Crippen molar-refractivity contribution in [1.82, 2.24) is 24.1 Å². The highest BCUT2D eigenvalue weighted by Gasteiger charge is 2.36. The topological polar surface area (TPSA) is 65.1 Å². The Hall–Kier alpha value is -2.65. The molecule has 11 heteroatoms. The van der Waals surface area contributed by atoms with E-state index in [1.54, 1.807) is 6.07 Å². The van der Waals surface area contributed by atoms with E-state index in [1.807, 2.05) is 0 Å². The zero-order valence-corrected chi connectivity index (χ0v) is 14.0. The standard InChI is InChI=1S/C15H6Cl2F3N5O/c16-9-2-1-7(5-10(9)17)24-4-3-11-8(12(24)26)6-21-14-22-13(15(18,19)20)23-25(11)14/h1-6H. The Morgan fingerprint density at radius 1 is 1.08 bits per heavy atom. The van der Waals surface area contributed by atoms with Gasteiger partial charge in [0.25, 0.3) is 17.2 Å². The molecule has 0 unspecified atom stereocenters. The van der Waals surface area contributed by atoms with Crippen LogP contribution in [-0.4, -0.2) is 24.1 Å². The fourth-order valence-electron chi connectivity index (χ4n) is 2.48. The molecule has 3 aromatic heterocycles. The lowest BCUT2D eigenvalue weighted by Crippen LogP contribution is -2.19. The largest absolute Gasteiger partial charge is 0.453 e. The molecule has 4 rings (SSSR count). The second kappa shape index (κ2) is 5.68. The van der Waals surface area contributed by atoms with Gasteiger partial charge in [-0.1, -0.05) is 23.2 Å². The van der Waals surface area contributed by atoms with Crippen molar-refractivity contribution in [2.24, 2.45) is 0 Å². The van der Waals surface area contributed by atoms with Gasteiger partial charge in [0.2, 0.25) is 0 Å². The summed E-state index contributed by atoms with van der Waals surface area (Å²) in [7, 11) is 0. The molecule has 6 nitrogen and oxygen atoms in total. The number of aromatic nitrogens is 5. The van der Waals surface area contributed by atoms with Crippen molar-refractivity contribution in [1.29, 1.82) is 0 Å². The van der Waals surface area contributed by atoms with E-state index in [-0.39, 0.29) is 21.7 Å². The third-order valence-corrected chi connectivity index (χ3v) is 4.41. The fraction of sp³-hybridized carbons (Fsp3) is 0.0667. The minimum Gasteiger partial charge on any atom is -0.284 e. The van der Waals surface area contributed by atoms with Crippen molar-refractivity contribution >= 4 is 39.9 Å². The fourth-order valence-corrected chi connectivity index (χ4v) is 2.77. The van der Waals surface area contributed by atoms with Gasteiger partial charge in [0, 0.05) is 12.4 Å². The molecule has 26 heavy (non-hydrogen) atoms. The summed E-state index contributed by atoms with van der Waals surface area (Å²) in [5, 5.41) is 4.08. The van der Waals surface area contributed by atoms with Gasteiger partial charge in [-0.05, 0) is 24.3 Å². The van der Waals surface area contributed by atoms with Gasteiger partial charge >= 0.3 is 6.18 Å². The van der Waals surface area contributed by atoms with E-state index in [4.69, 9.17) is 23.2 Å². The Bertz CT molecular complexity index is 1230. The Labute approximate surface area is 152 Å². The molecular formula is C15H6Cl2F3N5O. The van der Waals surface area contributed by atoms with Crippen LogP contribution < -0.4 is 5.56 Å². The van der Waals surface area contributed by atoms with Gasteiger partial charge in [0.05, 0.1) is 26.6 Å². The minimum atomic E-state index is -4.71. The second-order valence-electron chi connectivity index (χ2n) is 5.29. The van der Waals surface area contributed by atoms with Crippen LogP contribution in [0.15, 0.2) is 41.5 Å². The molecule has 0 aliphatic rings. The summed E-state index contributed by atoms with van der Waals surface area (Å²) >= 11 is 11.8. The first-order valence-corrected chi connectivity index (χ1v) is 7.81.